The Labute approximate surface area is 137 Å². The lowest BCUT2D eigenvalue weighted by Gasteiger charge is -2.30. The molecule has 0 saturated carbocycles. The normalized spacial score (nSPS) is 24.6. The van der Waals surface area contributed by atoms with Crippen molar-refractivity contribution >= 4 is 12.3 Å². The van der Waals surface area contributed by atoms with Crippen molar-refractivity contribution < 1.29 is 27.8 Å². The predicted molar refractivity (Wildman–Crippen MR) is 78.7 cm³/mol. The maximum absolute atomic E-state index is 12.8. The van der Waals surface area contributed by atoms with Crippen LogP contribution in [0.4, 0.5) is 19.0 Å². The molecule has 1 aromatic heterocycles. The number of halogens is 3. The molecule has 2 fully saturated rings. The summed E-state index contributed by atoms with van der Waals surface area (Å²) in [5.41, 5.74) is 0. The number of carboxylic acid groups (broad SMARTS) is 1. The number of aromatic nitrogens is 2. The quantitative estimate of drug-likeness (QED) is 0.758. The van der Waals surface area contributed by atoms with Crippen LogP contribution in [-0.2, 0) is 15.7 Å². The van der Waals surface area contributed by atoms with E-state index in [0.29, 0.717) is 25.6 Å². The van der Waals surface area contributed by atoms with Crippen LogP contribution in [0.25, 0.3) is 0 Å². The van der Waals surface area contributed by atoms with E-state index in [1.807, 2.05) is 11.9 Å². The van der Waals surface area contributed by atoms with E-state index < -0.39 is 12.0 Å². The van der Waals surface area contributed by atoms with Gasteiger partial charge < -0.3 is 19.6 Å². The first-order valence-corrected chi connectivity index (χ1v) is 7.36. The Hall–Kier alpha value is -1.94. The van der Waals surface area contributed by atoms with Crippen LogP contribution in [0.3, 0.4) is 0 Å². The van der Waals surface area contributed by atoms with Gasteiger partial charge in [0.2, 0.25) is 5.82 Å². The topological polar surface area (TPSA) is 78.8 Å². The van der Waals surface area contributed by atoms with Gasteiger partial charge in [-0.1, -0.05) is 0 Å². The number of alkyl halides is 3. The van der Waals surface area contributed by atoms with E-state index in [0.717, 1.165) is 13.1 Å². The van der Waals surface area contributed by atoms with Crippen molar-refractivity contribution in [3.63, 3.8) is 0 Å². The van der Waals surface area contributed by atoms with E-state index >= 15 is 0 Å². The second kappa shape index (κ2) is 7.75. The van der Waals surface area contributed by atoms with E-state index in [-0.39, 0.29) is 18.4 Å². The SMILES string of the molecule is CN1C[C@@H]2COC[C@H](C1)N(c1ccnc(C(F)(F)F)n1)C2.O=CO. The first kappa shape index (κ1) is 18.4. The standard InChI is InChI=1S/C13H17F3N4O.CH2O2/c1-19-4-9-5-20(10(6-19)8-21-7-9)11-2-3-17-12(18-11)13(14,15)16;2-1-3/h2-3,9-10H,4-8H2,1H3;1H,(H,2,3)/t9-,10-;/m0./s1. The summed E-state index contributed by atoms with van der Waals surface area (Å²) in [5.74, 6) is -0.493. The summed E-state index contributed by atoms with van der Waals surface area (Å²) in [6, 6.07) is 1.55. The van der Waals surface area contributed by atoms with Crippen LogP contribution in [0, 0.1) is 5.92 Å². The molecule has 0 aliphatic carbocycles. The summed E-state index contributed by atoms with van der Waals surface area (Å²) >= 11 is 0. The fourth-order valence-corrected chi connectivity index (χ4v) is 3.00. The van der Waals surface area contributed by atoms with E-state index in [4.69, 9.17) is 14.6 Å². The Kier molecular flexibility index (Phi) is 5.94. The molecule has 24 heavy (non-hydrogen) atoms. The highest BCUT2D eigenvalue weighted by atomic mass is 19.4. The molecule has 10 heteroatoms. The lowest BCUT2D eigenvalue weighted by atomic mass is 10.1. The summed E-state index contributed by atoms with van der Waals surface area (Å²) in [5, 5.41) is 6.89. The molecule has 134 valence electrons. The molecule has 0 spiro atoms. The Morgan fingerprint density at radius 1 is 1.33 bits per heavy atom. The predicted octanol–water partition coefficient (Wildman–Crippen LogP) is 0.963. The van der Waals surface area contributed by atoms with Crippen molar-refractivity contribution in [2.24, 2.45) is 5.92 Å². The fraction of sp³-hybridized carbons (Fsp3) is 0.643. The molecule has 0 radical (unpaired) electrons. The zero-order valence-corrected chi connectivity index (χ0v) is 13.1. The van der Waals surface area contributed by atoms with Crippen molar-refractivity contribution in [3.05, 3.63) is 18.1 Å². The second-order valence-electron chi connectivity index (χ2n) is 5.77. The smallest absolute Gasteiger partial charge is 0.451 e. The minimum atomic E-state index is -4.52. The van der Waals surface area contributed by atoms with Crippen molar-refractivity contribution in [1.82, 2.24) is 14.9 Å². The van der Waals surface area contributed by atoms with E-state index in [1.165, 1.54) is 12.3 Å². The molecule has 2 bridgehead atoms. The van der Waals surface area contributed by atoms with Gasteiger partial charge in [-0.15, -0.1) is 0 Å². The molecule has 2 aliphatic heterocycles. The van der Waals surface area contributed by atoms with Gasteiger partial charge in [0.1, 0.15) is 5.82 Å². The first-order valence-electron chi connectivity index (χ1n) is 7.36. The molecular weight excluding hydrogens is 329 g/mol. The molecule has 2 saturated heterocycles. The highest BCUT2D eigenvalue weighted by Crippen LogP contribution is 2.29. The van der Waals surface area contributed by atoms with Gasteiger partial charge in [-0.3, -0.25) is 4.79 Å². The van der Waals surface area contributed by atoms with Gasteiger partial charge in [0.15, 0.2) is 0 Å². The Balaban J connectivity index is 0.000000647. The summed E-state index contributed by atoms with van der Waals surface area (Å²) in [4.78, 5) is 19.5. The average Bonchev–Trinajstić information content (AvgIpc) is 2.77. The van der Waals surface area contributed by atoms with Crippen molar-refractivity contribution in [2.45, 2.75) is 12.2 Å². The van der Waals surface area contributed by atoms with Gasteiger partial charge in [-0.25, -0.2) is 9.97 Å². The maximum Gasteiger partial charge on any atom is 0.451 e. The molecule has 3 rings (SSSR count). The van der Waals surface area contributed by atoms with Crippen LogP contribution < -0.4 is 4.90 Å². The minimum Gasteiger partial charge on any atom is -0.483 e. The van der Waals surface area contributed by atoms with Gasteiger partial charge in [0.25, 0.3) is 6.47 Å². The number of ether oxygens (including phenoxy) is 1. The molecule has 7 nitrogen and oxygen atoms in total. The third-order valence-electron chi connectivity index (χ3n) is 3.84. The largest absolute Gasteiger partial charge is 0.483 e. The van der Waals surface area contributed by atoms with Gasteiger partial charge in [0.05, 0.1) is 19.3 Å². The number of anilines is 1. The Morgan fingerprint density at radius 3 is 2.71 bits per heavy atom. The second-order valence-corrected chi connectivity index (χ2v) is 5.77. The molecule has 2 aliphatic rings. The number of nitrogens with zero attached hydrogens (tertiary/aromatic N) is 4. The lowest BCUT2D eigenvalue weighted by molar-refractivity contribution is -0.144. The van der Waals surface area contributed by atoms with Gasteiger partial charge in [-0.2, -0.15) is 13.2 Å². The number of likely N-dealkylation sites (N-methyl/N-ethyl adjacent to an activating group) is 1. The summed E-state index contributed by atoms with van der Waals surface area (Å²) < 4.78 is 43.9. The van der Waals surface area contributed by atoms with Crippen molar-refractivity contribution in [3.8, 4) is 0 Å². The van der Waals surface area contributed by atoms with Gasteiger partial charge >= 0.3 is 6.18 Å². The highest BCUT2D eigenvalue weighted by molar-refractivity contribution is 5.40. The zero-order valence-electron chi connectivity index (χ0n) is 13.1. The number of carbonyl (C=O) groups is 1. The van der Waals surface area contributed by atoms with Crippen LogP contribution in [-0.4, -0.2) is 72.4 Å². The molecular formula is C14H19F3N4O3. The van der Waals surface area contributed by atoms with Gasteiger partial charge in [-0.05, 0) is 13.1 Å². The van der Waals surface area contributed by atoms with Gasteiger partial charge in [0, 0.05) is 31.7 Å². The van der Waals surface area contributed by atoms with Crippen molar-refractivity contribution in [2.75, 3.05) is 44.8 Å². The molecule has 2 atom stereocenters. The zero-order chi connectivity index (χ0) is 17.7. The summed E-state index contributed by atoms with van der Waals surface area (Å²) in [6.07, 6.45) is -3.35. The maximum atomic E-state index is 12.8. The molecule has 1 aromatic rings. The summed E-state index contributed by atoms with van der Waals surface area (Å²) in [7, 11) is 2.02. The van der Waals surface area contributed by atoms with Crippen LogP contribution in [0.5, 0.6) is 0 Å². The Bertz CT molecular complexity index is 558. The monoisotopic (exact) mass is 348 g/mol. The number of hydrogen-bond acceptors (Lipinski definition) is 6. The van der Waals surface area contributed by atoms with E-state index in [1.54, 1.807) is 0 Å². The minimum absolute atomic E-state index is 0.0125. The first-order chi connectivity index (χ1) is 11.3. The lowest BCUT2D eigenvalue weighted by Crippen LogP contribution is -2.43. The molecule has 0 aromatic carbocycles. The average molecular weight is 348 g/mol. The number of rotatable bonds is 1. The summed E-state index contributed by atoms with van der Waals surface area (Å²) in [6.45, 7) is 3.18. The van der Waals surface area contributed by atoms with Crippen LogP contribution in [0.1, 0.15) is 5.82 Å². The fourth-order valence-electron chi connectivity index (χ4n) is 3.00. The molecule has 0 unspecified atom stereocenters. The number of fused-ring (bicyclic) bond motifs is 3. The highest BCUT2D eigenvalue weighted by Gasteiger charge is 2.37. The van der Waals surface area contributed by atoms with Crippen LogP contribution in [0.15, 0.2) is 12.3 Å². The molecule has 0 amide bonds. The third-order valence-corrected chi connectivity index (χ3v) is 3.84. The number of hydrogen-bond donors (Lipinski definition) is 1. The van der Waals surface area contributed by atoms with Crippen LogP contribution in [0.2, 0.25) is 0 Å². The van der Waals surface area contributed by atoms with E-state index in [2.05, 4.69) is 14.9 Å². The van der Waals surface area contributed by atoms with E-state index in [9.17, 15) is 13.2 Å². The third kappa shape index (κ3) is 4.54. The molecule has 1 N–H and O–H groups in total. The molecule has 3 heterocycles. The van der Waals surface area contributed by atoms with Crippen molar-refractivity contribution in [1.29, 1.82) is 0 Å². The Morgan fingerprint density at radius 2 is 2.04 bits per heavy atom. The van der Waals surface area contributed by atoms with Crippen LogP contribution >= 0.6 is 0 Å².